The molecule has 1 heterocycles. The van der Waals surface area contributed by atoms with Gasteiger partial charge in [-0.1, -0.05) is 0 Å². The Hall–Kier alpha value is -0.650. The van der Waals surface area contributed by atoms with Crippen molar-refractivity contribution in [3.63, 3.8) is 0 Å². The van der Waals surface area contributed by atoms with Gasteiger partial charge in [0, 0.05) is 23.8 Å². The van der Waals surface area contributed by atoms with Crippen LogP contribution in [0.2, 0.25) is 0 Å². The number of sulfonamides is 1. The number of pyridine rings is 1. The molecule has 2 rings (SSSR count). The fraction of sp³-hybridized carbons (Fsp3) is 0.583. The Morgan fingerprint density at radius 3 is 2.50 bits per heavy atom. The van der Waals surface area contributed by atoms with Crippen LogP contribution in [-0.2, 0) is 16.4 Å². The largest absolute Gasteiger partial charge is 0.265 e. The van der Waals surface area contributed by atoms with Crippen LogP contribution in [0.15, 0.2) is 24.5 Å². The summed E-state index contributed by atoms with van der Waals surface area (Å²) in [6.45, 7) is 0. The standard InChI is InChI=1S/C12H17ClN2O2S/c13-10-12(5-1-6-12)15-18(16,17)9-4-11-2-7-14-8-3-11/h2-3,7-8,15H,1,4-6,9-10H2. The minimum atomic E-state index is -3.27. The van der Waals surface area contributed by atoms with Crippen LogP contribution in [0.1, 0.15) is 24.8 Å². The third kappa shape index (κ3) is 3.43. The van der Waals surface area contributed by atoms with Gasteiger partial charge in [0.1, 0.15) is 0 Å². The van der Waals surface area contributed by atoms with Crippen LogP contribution in [0.25, 0.3) is 0 Å². The minimum Gasteiger partial charge on any atom is -0.265 e. The first-order valence-electron chi connectivity index (χ1n) is 6.02. The second-order valence-corrected chi connectivity index (χ2v) is 6.90. The van der Waals surface area contributed by atoms with E-state index in [0.29, 0.717) is 12.3 Å². The topological polar surface area (TPSA) is 59.1 Å². The summed E-state index contributed by atoms with van der Waals surface area (Å²) < 4.78 is 26.7. The average molecular weight is 289 g/mol. The van der Waals surface area contributed by atoms with Gasteiger partial charge in [-0.25, -0.2) is 13.1 Å². The molecule has 1 N–H and O–H groups in total. The first-order chi connectivity index (χ1) is 8.55. The third-order valence-corrected chi connectivity index (χ3v) is 5.34. The van der Waals surface area contributed by atoms with Gasteiger partial charge in [0.2, 0.25) is 10.0 Å². The SMILES string of the molecule is O=S(=O)(CCc1ccncc1)NC1(CCl)CCC1. The van der Waals surface area contributed by atoms with E-state index in [2.05, 4.69) is 9.71 Å². The minimum absolute atomic E-state index is 0.0929. The Bertz CT molecular complexity index is 481. The average Bonchev–Trinajstić information content (AvgIpc) is 2.33. The maximum Gasteiger partial charge on any atom is 0.212 e. The summed E-state index contributed by atoms with van der Waals surface area (Å²) in [5.74, 6) is 0.442. The van der Waals surface area contributed by atoms with E-state index >= 15 is 0 Å². The van der Waals surface area contributed by atoms with E-state index in [1.807, 2.05) is 12.1 Å². The molecule has 0 aliphatic heterocycles. The molecule has 0 spiro atoms. The molecule has 1 aromatic rings. The first-order valence-corrected chi connectivity index (χ1v) is 8.20. The van der Waals surface area contributed by atoms with Crippen LogP contribution in [0, 0.1) is 0 Å². The van der Waals surface area contributed by atoms with Gasteiger partial charge in [-0.15, -0.1) is 11.6 Å². The number of hydrogen-bond acceptors (Lipinski definition) is 3. The maximum atomic E-state index is 12.0. The molecule has 1 aliphatic rings. The van der Waals surface area contributed by atoms with Crippen LogP contribution in [-0.4, -0.2) is 30.6 Å². The number of aryl methyl sites for hydroxylation is 1. The van der Waals surface area contributed by atoms with Crippen LogP contribution in [0.3, 0.4) is 0 Å². The van der Waals surface area contributed by atoms with Crippen molar-refractivity contribution in [2.75, 3.05) is 11.6 Å². The van der Waals surface area contributed by atoms with Gasteiger partial charge in [0.25, 0.3) is 0 Å². The Morgan fingerprint density at radius 2 is 2.00 bits per heavy atom. The second-order valence-electron chi connectivity index (χ2n) is 4.79. The highest BCUT2D eigenvalue weighted by Gasteiger charge is 2.39. The Kier molecular flexibility index (Phi) is 4.25. The van der Waals surface area contributed by atoms with Crippen molar-refractivity contribution in [3.8, 4) is 0 Å². The monoisotopic (exact) mass is 288 g/mol. The van der Waals surface area contributed by atoms with Gasteiger partial charge in [-0.2, -0.15) is 0 Å². The van der Waals surface area contributed by atoms with E-state index in [1.54, 1.807) is 12.4 Å². The number of nitrogens with one attached hydrogen (secondary N) is 1. The van der Waals surface area contributed by atoms with E-state index in [4.69, 9.17) is 11.6 Å². The van der Waals surface area contributed by atoms with Gasteiger partial charge >= 0.3 is 0 Å². The zero-order chi connectivity index (χ0) is 13.1. The van der Waals surface area contributed by atoms with Crippen molar-refractivity contribution in [2.24, 2.45) is 0 Å². The van der Waals surface area contributed by atoms with E-state index < -0.39 is 15.6 Å². The fourth-order valence-corrected chi connectivity index (χ4v) is 4.00. The zero-order valence-corrected chi connectivity index (χ0v) is 11.7. The molecule has 1 fully saturated rings. The fourth-order valence-electron chi connectivity index (χ4n) is 2.05. The van der Waals surface area contributed by atoms with Crippen molar-refractivity contribution in [2.45, 2.75) is 31.2 Å². The van der Waals surface area contributed by atoms with Crippen LogP contribution in [0.4, 0.5) is 0 Å². The molecule has 1 aromatic heterocycles. The van der Waals surface area contributed by atoms with Crippen LogP contribution >= 0.6 is 11.6 Å². The molecule has 100 valence electrons. The summed E-state index contributed by atoms with van der Waals surface area (Å²) in [7, 11) is -3.27. The maximum absolute atomic E-state index is 12.0. The number of hydrogen-bond donors (Lipinski definition) is 1. The molecule has 0 atom stereocenters. The molecule has 4 nitrogen and oxygen atoms in total. The third-order valence-electron chi connectivity index (χ3n) is 3.35. The number of aromatic nitrogens is 1. The van der Waals surface area contributed by atoms with E-state index in [-0.39, 0.29) is 5.75 Å². The number of nitrogens with zero attached hydrogens (tertiary/aromatic N) is 1. The predicted molar refractivity (Wildman–Crippen MR) is 72.2 cm³/mol. The first kappa shape index (κ1) is 13.8. The molecule has 0 bridgehead atoms. The summed E-state index contributed by atoms with van der Waals surface area (Å²) >= 11 is 5.85. The lowest BCUT2D eigenvalue weighted by atomic mass is 9.79. The second kappa shape index (κ2) is 5.55. The smallest absolute Gasteiger partial charge is 0.212 e. The molecule has 0 unspecified atom stereocenters. The number of alkyl halides is 1. The number of halogens is 1. The van der Waals surface area contributed by atoms with E-state index in [0.717, 1.165) is 24.8 Å². The summed E-state index contributed by atoms with van der Waals surface area (Å²) in [6, 6.07) is 3.66. The van der Waals surface area contributed by atoms with Gasteiger partial charge in [0.05, 0.1) is 5.75 Å². The molecular weight excluding hydrogens is 272 g/mol. The van der Waals surface area contributed by atoms with Gasteiger partial charge in [-0.3, -0.25) is 4.98 Å². The van der Waals surface area contributed by atoms with Gasteiger partial charge in [0.15, 0.2) is 0 Å². The predicted octanol–water partition coefficient (Wildman–Crippen LogP) is 1.71. The summed E-state index contributed by atoms with van der Waals surface area (Å²) in [6.07, 6.45) is 6.55. The quantitative estimate of drug-likeness (QED) is 0.811. The Morgan fingerprint density at radius 1 is 1.33 bits per heavy atom. The molecule has 6 heteroatoms. The lowest BCUT2D eigenvalue weighted by Gasteiger charge is -2.40. The molecule has 0 amide bonds. The van der Waals surface area contributed by atoms with E-state index in [9.17, 15) is 8.42 Å². The summed E-state index contributed by atoms with van der Waals surface area (Å²) in [4.78, 5) is 3.90. The zero-order valence-electron chi connectivity index (χ0n) is 10.1. The van der Waals surface area contributed by atoms with Crippen molar-refractivity contribution in [1.29, 1.82) is 0 Å². The summed E-state index contributed by atoms with van der Waals surface area (Å²) in [5, 5.41) is 0. The highest BCUT2D eigenvalue weighted by molar-refractivity contribution is 7.89. The van der Waals surface area contributed by atoms with Crippen molar-refractivity contribution >= 4 is 21.6 Å². The normalized spacial score (nSPS) is 18.3. The highest BCUT2D eigenvalue weighted by Crippen LogP contribution is 2.33. The molecule has 18 heavy (non-hydrogen) atoms. The Labute approximate surface area is 113 Å². The number of rotatable bonds is 6. The van der Waals surface area contributed by atoms with Crippen LogP contribution in [0.5, 0.6) is 0 Å². The Balaban J connectivity index is 1.92. The molecule has 0 aromatic carbocycles. The van der Waals surface area contributed by atoms with Crippen molar-refractivity contribution < 1.29 is 8.42 Å². The molecular formula is C12H17ClN2O2S. The summed E-state index contributed by atoms with van der Waals surface area (Å²) in [5.41, 5.74) is 0.586. The van der Waals surface area contributed by atoms with Crippen LogP contribution < -0.4 is 4.72 Å². The lowest BCUT2D eigenvalue weighted by molar-refractivity contribution is 0.252. The van der Waals surface area contributed by atoms with Crippen molar-refractivity contribution in [1.82, 2.24) is 9.71 Å². The molecule has 0 radical (unpaired) electrons. The lowest BCUT2D eigenvalue weighted by Crippen LogP contribution is -2.55. The molecule has 1 aliphatic carbocycles. The molecule has 1 saturated carbocycles. The van der Waals surface area contributed by atoms with Crippen molar-refractivity contribution in [3.05, 3.63) is 30.1 Å². The molecule has 0 saturated heterocycles. The van der Waals surface area contributed by atoms with Gasteiger partial charge in [-0.05, 0) is 43.4 Å². The highest BCUT2D eigenvalue weighted by atomic mass is 35.5. The van der Waals surface area contributed by atoms with E-state index in [1.165, 1.54) is 0 Å². The van der Waals surface area contributed by atoms with Gasteiger partial charge < -0.3 is 0 Å².